The van der Waals surface area contributed by atoms with Gasteiger partial charge in [0.15, 0.2) is 14.1 Å². The molecule has 2 saturated carbocycles. The van der Waals surface area contributed by atoms with Crippen LogP contribution in [0, 0.1) is 34.5 Å². The highest BCUT2D eigenvalue weighted by Crippen LogP contribution is 2.67. The molecule has 2 fully saturated rings. The Morgan fingerprint density at radius 2 is 1.74 bits per heavy atom. The fourth-order valence-electron chi connectivity index (χ4n) is 7.91. The van der Waals surface area contributed by atoms with Gasteiger partial charge in [0.05, 0.1) is 0 Å². The van der Waals surface area contributed by atoms with Crippen molar-refractivity contribution in [2.24, 2.45) is 34.5 Å². The van der Waals surface area contributed by atoms with Crippen molar-refractivity contribution in [1.82, 2.24) is 0 Å². The van der Waals surface area contributed by atoms with Crippen molar-refractivity contribution >= 4 is 14.1 Å². The Kier molecular flexibility index (Phi) is 5.62. The molecule has 0 bridgehead atoms. The molecule has 0 heterocycles. The average molecular weight is 443 g/mol. The van der Waals surface area contributed by atoms with Crippen LogP contribution in [0.15, 0.2) is 23.3 Å². The fourth-order valence-corrected chi connectivity index (χ4v) is 9.36. The van der Waals surface area contributed by atoms with Crippen LogP contribution in [-0.4, -0.2) is 20.2 Å². The fraction of sp³-hybridized carbons (Fsp3) is 0.821. The maximum Gasteiger partial charge on any atom is 0.192 e. The number of ketones is 1. The summed E-state index contributed by atoms with van der Waals surface area (Å²) < 4.78 is 6.96. The van der Waals surface area contributed by atoms with Gasteiger partial charge in [0.2, 0.25) is 0 Å². The summed E-state index contributed by atoms with van der Waals surface area (Å²) in [6.07, 6.45) is 11.8. The first kappa shape index (κ1) is 23.5. The molecule has 4 aliphatic carbocycles. The van der Waals surface area contributed by atoms with Crippen molar-refractivity contribution in [1.29, 1.82) is 0 Å². The Labute approximate surface area is 192 Å². The SMILES string of the molecule is CC1=CC2=CC(=O)CC[C@]2(C)[C@H]2CC[C@]3(C)[C@@H](C(C)O[Si](C)(C)C(C)(C)C)CC[C@H]3[C@H]12. The van der Waals surface area contributed by atoms with Gasteiger partial charge in [-0.3, -0.25) is 4.79 Å². The predicted molar refractivity (Wildman–Crippen MR) is 132 cm³/mol. The summed E-state index contributed by atoms with van der Waals surface area (Å²) in [7, 11) is -1.77. The standard InChI is InChI=1S/C28H46O2Si/c1-18-16-20-17-21(29)12-14-27(20,6)24-13-15-28(7)22(10-11-23(28)25(18)24)19(2)30-31(8,9)26(3,4)5/h16-17,19,22-25H,10-15H2,1-9H3/t19?,22-,23+,24+,25+,27+,28-/m1/s1. The highest BCUT2D eigenvalue weighted by Gasteiger charge is 2.60. The number of fused-ring (bicyclic) bond motifs is 5. The van der Waals surface area contributed by atoms with E-state index in [0.717, 1.165) is 18.8 Å². The van der Waals surface area contributed by atoms with E-state index in [9.17, 15) is 4.79 Å². The minimum Gasteiger partial charge on any atom is -0.414 e. The lowest BCUT2D eigenvalue weighted by molar-refractivity contribution is -0.116. The highest BCUT2D eigenvalue weighted by molar-refractivity contribution is 6.74. The third-order valence-corrected chi connectivity index (χ3v) is 15.4. The Morgan fingerprint density at radius 1 is 1.06 bits per heavy atom. The molecule has 3 heteroatoms. The van der Waals surface area contributed by atoms with Crippen molar-refractivity contribution in [3.05, 3.63) is 23.3 Å². The van der Waals surface area contributed by atoms with Gasteiger partial charge in [-0.1, -0.05) is 46.3 Å². The van der Waals surface area contributed by atoms with Crippen LogP contribution in [-0.2, 0) is 9.22 Å². The van der Waals surface area contributed by atoms with Crippen molar-refractivity contribution in [2.75, 3.05) is 0 Å². The van der Waals surface area contributed by atoms with Crippen LogP contribution in [0.1, 0.15) is 87.0 Å². The average Bonchev–Trinajstić information content (AvgIpc) is 2.99. The number of allylic oxidation sites excluding steroid dienone is 4. The third kappa shape index (κ3) is 3.57. The van der Waals surface area contributed by atoms with Crippen LogP contribution >= 0.6 is 0 Å². The van der Waals surface area contributed by atoms with Crippen LogP contribution in [0.2, 0.25) is 18.1 Å². The predicted octanol–water partition coefficient (Wildman–Crippen LogP) is 7.71. The smallest absolute Gasteiger partial charge is 0.192 e. The minimum absolute atomic E-state index is 0.195. The Morgan fingerprint density at radius 3 is 2.39 bits per heavy atom. The molecule has 4 aliphatic rings. The molecule has 0 spiro atoms. The van der Waals surface area contributed by atoms with E-state index >= 15 is 0 Å². The van der Waals surface area contributed by atoms with Crippen molar-refractivity contribution < 1.29 is 9.22 Å². The zero-order valence-electron chi connectivity index (χ0n) is 21.6. The van der Waals surface area contributed by atoms with E-state index in [-0.39, 0.29) is 10.5 Å². The summed E-state index contributed by atoms with van der Waals surface area (Å²) in [6.45, 7) is 21.7. The highest BCUT2D eigenvalue weighted by atomic mass is 28.4. The van der Waals surface area contributed by atoms with E-state index < -0.39 is 8.32 Å². The molecule has 174 valence electrons. The maximum absolute atomic E-state index is 12.1. The van der Waals surface area contributed by atoms with Gasteiger partial charge in [0.1, 0.15) is 0 Å². The van der Waals surface area contributed by atoms with E-state index in [1.165, 1.54) is 36.8 Å². The van der Waals surface area contributed by atoms with Gasteiger partial charge in [-0.25, -0.2) is 0 Å². The molecule has 0 N–H and O–H groups in total. The zero-order valence-corrected chi connectivity index (χ0v) is 22.6. The van der Waals surface area contributed by atoms with Gasteiger partial charge in [0.25, 0.3) is 0 Å². The second-order valence-corrected chi connectivity index (χ2v) is 18.2. The summed E-state index contributed by atoms with van der Waals surface area (Å²) in [4.78, 5) is 12.1. The molecule has 4 rings (SSSR count). The van der Waals surface area contributed by atoms with E-state index in [1.54, 1.807) is 0 Å². The monoisotopic (exact) mass is 442 g/mol. The summed E-state index contributed by atoms with van der Waals surface area (Å²) in [6, 6.07) is 0. The zero-order chi connectivity index (χ0) is 23.0. The number of hydrogen-bond donors (Lipinski definition) is 0. The lowest BCUT2D eigenvalue weighted by atomic mass is 9.47. The molecule has 0 radical (unpaired) electrons. The molecule has 0 amide bonds. The van der Waals surface area contributed by atoms with Crippen molar-refractivity contribution in [3.8, 4) is 0 Å². The van der Waals surface area contributed by atoms with Crippen molar-refractivity contribution in [2.45, 2.75) is 111 Å². The first-order valence-electron chi connectivity index (χ1n) is 12.8. The van der Waals surface area contributed by atoms with Gasteiger partial charge in [-0.15, -0.1) is 0 Å². The largest absolute Gasteiger partial charge is 0.414 e. The molecule has 0 aromatic heterocycles. The van der Waals surface area contributed by atoms with Crippen molar-refractivity contribution in [3.63, 3.8) is 0 Å². The van der Waals surface area contributed by atoms with Gasteiger partial charge in [-0.2, -0.15) is 0 Å². The third-order valence-electron chi connectivity index (χ3n) is 10.8. The molecule has 7 atom stereocenters. The van der Waals surface area contributed by atoms with Gasteiger partial charge in [0, 0.05) is 12.5 Å². The molecule has 1 unspecified atom stereocenters. The van der Waals surface area contributed by atoms with E-state index in [1.807, 2.05) is 6.08 Å². The number of carbonyl (C=O) groups excluding carboxylic acids is 1. The van der Waals surface area contributed by atoms with Crippen LogP contribution in [0.3, 0.4) is 0 Å². The summed E-state index contributed by atoms with van der Waals surface area (Å²) in [5, 5.41) is 0.260. The van der Waals surface area contributed by atoms with E-state index in [0.29, 0.717) is 35.1 Å². The van der Waals surface area contributed by atoms with Gasteiger partial charge >= 0.3 is 0 Å². The molecule has 0 aromatic carbocycles. The number of carbonyl (C=O) groups is 1. The molecule has 2 nitrogen and oxygen atoms in total. The minimum atomic E-state index is -1.77. The normalized spacial score (nSPS) is 41.6. The Hall–Kier alpha value is -0.673. The second-order valence-electron chi connectivity index (χ2n) is 13.4. The summed E-state index contributed by atoms with van der Waals surface area (Å²) >= 11 is 0. The Bertz CT molecular complexity index is 815. The lowest BCUT2D eigenvalue weighted by Gasteiger charge is -2.58. The van der Waals surface area contributed by atoms with Gasteiger partial charge in [-0.05, 0) is 110 Å². The first-order valence-corrected chi connectivity index (χ1v) is 15.7. The van der Waals surface area contributed by atoms with Crippen LogP contribution in [0.5, 0.6) is 0 Å². The molecular weight excluding hydrogens is 396 g/mol. The van der Waals surface area contributed by atoms with Crippen LogP contribution in [0.25, 0.3) is 0 Å². The van der Waals surface area contributed by atoms with E-state index in [2.05, 4.69) is 67.6 Å². The summed E-state index contributed by atoms with van der Waals surface area (Å²) in [5.41, 5.74) is 3.44. The van der Waals surface area contributed by atoms with Crippen LogP contribution in [0.4, 0.5) is 0 Å². The number of rotatable bonds is 3. The quantitative estimate of drug-likeness (QED) is 0.418. The molecule has 0 aliphatic heterocycles. The van der Waals surface area contributed by atoms with Gasteiger partial charge < -0.3 is 4.43 Å². The lowest BCUT2D eigenvalue weighted by Crippen LogP contribution is -2.52. The summed E-state index contributed by atoms with van der Waals surface area (Å²) in [5.74, 6) is 3.13. The topological polar surface area (TPSA) is 26.3 Å². The molecule has 31 heavy (non-hydrogen) atoms. The molecular formula is C28H46O2Si. The maximum atomic E-state index is 12.1. The second kappa shape index (κ2) is 7.42. The number of hydrogen-bond acceptors (Lipinski definition) is 2. The van der Waals surface area contributed by atoms with Crippen LogP contribution < -0.4 is 0 Å². The molecule has 0 saturated heterocycles. The van der Waals surface area contributed by atoms with E-state index in [4.69, 9.17) is 4.43 Å². The molecule has 0 aromatic rings. The first-order chi connectivity index (χ1) is 14.2. The Balaban J connectivity index is 1.62.